The van der Waals surface area contributed by atoms with Gasteiger partial charge in [0.15, 0.2) is 0 Å². The number of Topliss-reactive ketones (excluding diaryl/α,β-unsaturated/α-hetero) is 2. The van der Waals surface area contributed by atoms with E-state index in [-0.39, 0.29) is 11.4 Å². The van der Waals surface area contributed by atoms with Crippen molar-refractivity contribution in [3.8, 4) is 11.4 Å². The van der Waals surface area contributed by atoms with Gasteiger partial charge < -0.3 is 19.0 Å². The molecule has 10 nitrogen and oxygen atoms in total. The molecule has 0 spiro atoms. The summed E-state index contributed by atoms with van der Waals surface area (Å²) in [5, 5.41) is 8.64. The first-order valence-electron chi connectivity index (χ1n) is 12.5. The second kappa shape index (κ2) is 11.7. The van der Waals surface area contributed by atoms with Crippen molar-refractivity contribution in [2.75, 3.05) is 6.61 Å². The number of carbonyl (C=O) groups is 4. The normalized spacial score (nSPS) is 11.9. The van der Waals surface area contributed by atoms with Crippen molar-refractivity contribution in [2.45, 2.75) is 34.6 Å². The van der Waals surface area contributed by atoms with E-state index in [1.54, 1.807) is 24.3 Å². The second-order valence-electron chi connectivity index (χ2n) is 8.90. The number of nitrogens with zero attached hydrogens (tertiary/aromatic N) is 3. The molecule has 0 amide bonds. The molecular weight excluding hydrogens is 514 g/mol. The van der Waals surface area contributed by atoms with Gasteiger partial charge in [0, 0.05) is 41.4 Å². The van der Waals surface area contributed by atoms with E-state index in [4.69, 9.17) is 4.74 Å². The molecule has 0 aliphatic rings. The van der Waals surface area contributed by atoms with Crippen LogP contribution in [0.1, 0.15) is 55.3 Å². The number of benzene rings is 3. The van der Waals surface area contributed by atoms with Crippen LogP contribution in [0, 0.1) is 0 Å². The Labute approximate surface area is 229 Å². The molecule has 0 unspecified atom stereocenters. The molecule has 0 fully saturated rings. The summed E-state index contributed by atoms with van der Waals surface area (Å²) in [5.74, 6) is -1.36. The van der Waals surface area contributed by atoms with E-state index in [2.05, 4.69) is 20.0 Å². The van der Waals surface area contributed by atoms with E-state index in [9.17, 15) is 19.2 Å². The van der Waals surface area contributed by atoms with Crippen LogP contribution in [0.15, 0.2) is 71.0 Å². The van der Waals surface area contributed by atoms with Gasteiger partial charge in [0.05, 0.1) is 17.6 Å². The van der Waals surface area contributed by atoms with Crippen LogP contribution in [-0.4, -0.2) is 46.1 Å². The van der Waals surface area contributed by atoms with Gasteiger partial charge in [-0.25, -0.2) is 9.59 Å². The molecule has 204 valence electrons. The average Bonchev–Trinajstić information content (AvgIpc) is 3.27. The Morgan fingerprint density at radius 1 is 0.675 bits per heavy atom. The van der Waals surface area contributed by atoms with E-state index in [1.165, 1.54) is 27.7 Å². The maximum Gasteiger partial charge on any atom is 0.331 e. The van der Waals surface area contributed by atoms with Crippen LogP contribution in [0.3, 0.4) is 0 Å². The van der Waals surface area contributed by atoms with Crippen LogP contribution in [-0.2, 0) is 19.3 Å². The fraction of sp³-hybridized carbons (Fsp3) is 0.200. The van der Waals surface area contributed by atoms with E-state index in [1.807, 2.05) is 47.9 Å². The minimum absolute atomic E-state index is 0.0120. The zero-order valence-electron chi connectivity index (χ0n) is 22.7. The van der Waals surface area contributed by atoms with Crippen molar-refractivity contribution in [1.82, 2.24) is 4.57 Å². The zero-order valence-corrected chi connectivity index (χ0v) is 22.7. The predicted molar refractivity (Wildman–Crippen MR) is 150 cm³/mol. The lowest BCUT2D eigenvalue weighted by Crippen LogP contribution is -2.12. The molecule has 4 aromatic rings. The van der Waals surface area contributed by atoms with E-state index in [0.717, 1.165) is 22.5 Å². The first-order valence-corrected chi connectivity index (χ1v) is 12.5. The summed E-state index contributed by atoms with van der Waals surface area (Å²) in [6.07, 6.45) is 0. The first kappa shape index (κ1) is 27.9. The third-order valence-corrected chi connectivity index (χ3v) is 5.97. The molecule has 0 radical (unpaired) electrons. The number of ketones is 2. The molecule has 10 heteroatoms. The van der Waals surface area contributed by atoms with Gasteiger partial charge in [-0.15, -0.1) is 0 Å². The van der Waals surface area contributed by atoms with Crippen LogP contribution in [0.5, 0.6) is 5.75 Å². The van der Waals surface area contributed by atoms with E-state index >= 15 is 0 Å². The Hall–Kier alpha value is -5.12. The van der Waals surface area contributed by atoms with E-state index in [0.29, 0.717) is 28.5 Å². The number of ether oxygens (including phenoxy) is 1. The van der Waals surface area contributed by atoms with Crippen molar-refractivity contribution in [3.63, 3.8) is 0 Å². The smallest absolute Gasteiger partial charge is 0.331 e. The number of hydrogen-bond acceptors (Lipinski definition) is 9. The molecule has 1 heterocycles. The molecule has 4 rings (SSSR count). The largest absolute Gasteiger partial charge is 0.494 e. The quantitative estimate of drug-likeness (QED) is 0.120. The third kappa shape index (κ3) is 5.80. The Balaban J connectivity index is 1.90. The Kier molecular flexibility index (Phi) is 8.18. The molecule has 0 atom stereocenters. The summed E-state index contributed by atoms with van der Waals surface area (Å²) in [4.78, 5) is 57.6. The second-order valence-corrected chi connectivity index (χ2v) is 8.90. The summed E-state index contributed by atoms with van der Waals surface area (Å²) in [6, 6.07) is 18.0. The van der Waals surface area contributed by atoms with Crippen LogP contribution in [0.4, 0.5) is 0 Å². The van der Waals surface area contributed by atoms with Crippen molar-refractivity contribution in [3.05, 3.63) is 71.8 Å². The number of fused-ring (bicyclic) bond motifs is 3. The standard InChI is InChI=1S/C30H27N3O7/c1-6-38-24-11-9-23(10-12-24)33-27-13-7-21(29(36)17(2)31-39-19(4)34)15-25(27)26-16-22(8-14-28(26)33)30(37)18(3)32-40-20(5)35/h7-16H,6H2,1-5H3/b31-17+,32-18?. The van der Waals surface area contributed by atoms with Crippen molar-refractivity contribution >= 4 is 56.7 Å². The van der Waals surface area contributed by atoms with Gasteiger partial charge in [-0.2, -0.15) is 0 Å². The summed E-state index contributed by atoms with van der Waals surface area (Å²) in [5.41, 5.74) is 3.12. The highest BCUT2D eigenvalue weighted by Gasteiger charge is 2.19. The highest BCUT2D eigenvalue weighted by atomic mass is 16.7. The topological polar surface area (TPSA) is 126 Å². The van der Waals surface area contributed by atoms with Gasteiger partial charge >= 0.3 is 11.9 Å². The van der Waals surface area contributed by atoms with Gasteiger partial charge in [0.1, 0.15) is 17.2 Å². The van der Waals surface area contributed by atoms with Crippen molar-refractivity contribution < 1.29 is 33.6 Å². The summed E-state index contributed by atoms with van der Waals surface area (Å²) < 4.78 is 7.60. The predicted octanol–water partition coefficient (Wildman–Crippen LogP) is 5.43. The molecule has 3 aromatic carbocycles. The van der Waals surface area contributed by atoms with Crippen LogP contribution >= 0.6 is 0 Å². The van der Waals surface area contributed by atoms with Gasteiger partial charge in [-0.3, -0.25) is 9.59 Å². The lowest BCUT2D eigenvalue weighted by molar-refractivity contribution is -0.141. The van der Waals surface area contributed by atoms with E-state index < -0.39 is 23.5 Å². The van der Waals surface area contributed by atoms with Crippen LogP contribution in [0.2, 0.25) is 0 Å². The number of aromatic nitrogens is 1. The fourth-order valence-electron chi connectivity index (χ4n) is 4.21. The summed E-state index contributed by atoms with van der Waals surface area (Å²) in [7, 11) is 0. The Morgan fingerprint density at radius 2 is 1.12 bits per heavy atom. The monoisotopic (exact) mass is 541 g/mol. The van der Waals surface area contributed by atoms with Crippen molar-refractivity contribution in [2.24, 2.45) is 10.3 Å². The molecule has 0 N–H and O–H groups in total. The minimum atomic E-state index is -0.634. The molecule has 0 saturated carbocycles. The van der Waals surface area contributed by atoms with Gasteiger partial charge in [0.25, 0.3) is 0 Å². The molecule has 0 bridgehead atoms. The summed E-state index contributed by atoms with van der Waals surface area (Å²) in [6.45, 7) is 7.77. The van der Waals surface area contributed by atoms with Crippen molar-refractivity contribution in [1.29, 1.82) is 0 Å². The fourth-order valence-corrected chi connectivity index (χ4v) is 4.21. The third-order valence-electron chi connectivity index (χ3n) is 5.97. The summed E-state index contributed by atoms with van der Waals surface area (Å²) >= 11 is 0. The highest BCUT2D eigenvalue weighted by molar-refractivity contribution is 6.46. The Morgan fingerprint density at radius 3 is 1.52 bits per heavy atom. The zero-order chi connectivity index (χ0) is 29.0. The number of carbonyl (C=O) groups excluding carboxylic acids is 4. The molecule has 1 aromatic heterocycles. The molecule has 40 heavy (non-hydrogen) atoms. The first-order chi connectivity index (χ1) is 19.1. The lowest BCUT2D eigenvalue weighted by Gasteiger charge is -2.10. The SMILES string of the molecule is CCOc1ccc(-n2c3ccc(C(=O)C(C)=NOC(C)=O)cc3c3cc(C(=O)/C(C)=N/OC(C)=O)ccc32)cc1. The lowest BCUT2D eigenvalue weighted by atomic mass is 10.0. The Bertz CT molecular complexity index is 1610. The van der Waals surface area contributed by atoms with Crippen LogP contribution < -0.4 is 4.74 Å². The molecule has 0 aliphatic carbocycles. The number of hydrogen-bond donors (Lipinski definition) is 0. The molecular formula is C30H27N3O7. The highest BCUT2D eigenvalue weighted by Crippen LogP contribution is 2.34. The van der Waals surface area contributed by atoms with Gasteiger partial charge in [-0.1, -0.05) is 10.3 Å². The molecule has 0 saturated heterocycles. The number of oxime groups is 2. The average molecular weight is 542 g/mol. The minimum Gasteiger partial charge on any atom is -0.494 e. The van der Waals surface area contributed by atoms with Gasteiger partial charge in [0.2, 0.25) is 11.6 Å². The van der Waals surface area contributed by atoms with Gasteiger partial charge in [-0.05, 0) is 81.4 Å². The molecule has 0 aliphatic heterocycles. The number of rotatable bonds is 9. The van der Waals surface area contributed by atoms with Crippen LogP contribution in [0.25, 0.3) is 27.5 Å². The maximum absolute atomic E-state index is 13.1. The maximum atomic E-state index is 13.1.